The van der Waals surface area contributed by atoms with E-state index in [2.05, 4.69) is 126 Å². The molecule has 10 rings (SSSR count). The van der Waals surface area contributed by atoms with Gasteiger partial charge >= 0.3 is 12.1 Å². The van der Waals surface area contributed by atoms with Gasteiger partial charge in [-0.15, -0.1) is 0 Å². The van der Waals surface area contributed by atoms with E-state index in [4.69, 9.17) is 38.3 Å². The van der Waals surface area contributed by atoms with E-state index in [1.54, 1.807) is 40.0 Å². The second kappa shape index (κ2) is 35.4. The molecule has 0 aromatic heterocycles. The van der Waals surface area contributed by atoms with Crippen LogP contribution in [0.1, 0.15) is 162 Å². The van der Waals surface area contributed by atoms with Crippen LogP contribution in [0.3, 0.4) is 0 Å². The minimum absolute atomic E-state index is 0.0117. The second-order valence-corrected chi connectivity index (χ2v) is 37.6. The Morgan fingerprint density at radius 1 is 0.495 bits per heavy atom. The number of rotatable bonds is 18. The Labute approximate surface area is 622 Å². The summed E-state index contributed by atoms with van der Waals surface area (Å²) in [5, 5.41) is 2.70. The summed E-state index contributed by atoms with van der Waals surface area (Å²) >= 11 is 14.2. The van der Waals surface area contributed by atoms with Gasteiger partial charge < -0.3 is 39.5 Å². The van der Waals surface area contributed by atoms with E-state index in [0.29, 0.717) is 37.3 Å². The minimum atomic E-state index is -3.76. The Morgan fingerprint density at radius 3 is 1.16 bits per heavy atom. The lowest BCUT2D eigenvalue weighted by molar-refractivity contribution is -0.157. The number of amides is 1. The molecule has 0 unspecified atom stereocenters. The van der Waals surface area contributed by atoms with Crippen LogP contribution in [0.2, 0.25) is 0 Å². The lowest BCUT2D eigenvalue weighted by atomic mass is 9.80. The highest BCUT2D eigenvalue weighted by Crippen LogP contribution is 2.38. The first-order chi connectivity index (χ1) is 45.7. The fourth-order valence-electron chi connectivity index (χ4n) is 11.4. The highest BCUT2D eigenvalue weighted by molar-refractivity contribution is 9.11. The van der Waals surface area contributed by atoms with E-state index >= 15 is 0 Å². The first-order valence-corrected chi connectivity index (χ1v) is 41.6. The standard InChI is InChI=1S/C18H25BrO3.C16H23NO5S.C14H20BrNO3S.C13H18BrNO3S.C12H16BrNO/c1-11-6-14(7-12(2)17(11)19)21-15-8-13(9-15)10-16(20)22-18(3,4)5;1-11-5-7-14(8-6-11)23(19,20)22-13-9-12(10-13)17-15(18)21-16(2,3)4;1-9-5-12(6-10(2)14(9)15)19-13-7-11(8-13)16(3)20(4,17)18;1-8-4-11(5-9(2)13(8)14)18-12-6-10(7-12)15-19(3,16)17;1-7-3-10(4-8(2)12(7)13)15-11-5-9(14)6-11/h6-7,13,15H,8-10H2,1-5H3;5-8,12-13H,9-10H2,1-4H3,(H,17,18);5-6,11,13H,7-8H2,1-4H3;4-5,10,12,15H,6-7H2,1-3H3;3-4,9,11H,5-6,14H2,1-2H3. The monoisotopic (exact) mass is 1690 g/mol. The molecule has 4 N–H and O–H groups in total. The fraction of sp³-hybridized carbons (Fsp3) is 0.562. The van der Waals surface area contributed by atoms with Crippen LogP contribution in [-0.4, -0.2) is 127 Å². The SMILES string of the molecule is Cc1cc(OC2CC(CC(=O)OC(C)(C)C)C2)cc(C)c1Br.Cc1cc(OC2CC(N(C)S(C)(=O)=O)C2)cc(C)c1Br.Cc1cc(OC2CC(N)C2)cc(C)c1Br.Cc1cc(OC2CC(NS(C)(=O)=O)C2)cc(C)c1Br.Cc1ccc(S(=O)(=O)OC2CC(NC(=O)OC(C)(C)C)C2)cc1. The van der Waals surface area contributed by atoms with E-state index in [1.807, 2.05) is 79.7 Å². The van der Waals surface area contributed by atoms with Crippen molar-refractivity contribution in [1.82, 2.24) is 14.3 Å². The Bertz CT molecular complexity index is 3860. The van der Waals surface area contributed by atoms with Gasteiger partial charge in [-0.2, -0.15) is 8.42 Å². The number of carbonyl (C=O) groups is 2. The summed E-state index contributed by atoms with van der Waals surface area (Å²) in [4.78, 5) is 23.5. The molecule has 550 valence electrons. The number of nitrogens with one attached hydrogen (secondary N) is 2. The summed E-state index contributed by atoms with van der Waals surface area (Å²) in [6, 6.07) is 23.0. The van der Waals surface area contributed by atoms with E-state index in [1.165, 1.54) is 55.7 Å². The number of halogens is 4. The summed E-state index contributed by atoms with van der Waals surface area (Å²) in [6.07, 6.45) is 10.4. The molecule has 5 aromatic rings. The third-order valence-corrected chi connectivity index (χ3v) is 25.5. The summed E-state index contributed by atoms with van der Waals surface area (Å²) in [6.45, 7) is 29.3. The molecule has 0 radical (unpaired) electrons. The number of ether oxygens (including phenoxy) is 6. The van der Waals surface area contributed by atoms with Crippen molar-refractivity contribution in [3.63, 3.8) is 0 Å². The zero-order valence-electron chi connectivity index (χ0n) is 60.4. The number of aryl methyl sites for hydroxylation is 9. The molecular formula is C73H102Br4N4O15S3. The number of nitrogens with zero attached hydrogens (tertiary/aromatic N) is 1. The van der Waals surface area contributed by atoms with Gasteiger partial charge in [0.25, 0.3) is 10.1 Å². The van der Waals surface area contributed by atoms with Crippen molar-refractivity contribution < 1.29 is 67.4 Å². The Hall–Kier alpha value is -4.35. The molecule has 0 spiro atoms. The molecule has 0 saturated heterocycles. The first kappa shape index (κ1) is 83.6. The maximum absolute atomic E-state index is 12.1. The molecule has 99 heavy (non-hydrogen) atoms. The van der Waals surface area contributed by atoms with Crippen molar-refractivity contribution in [3.8, 4) is 23.0 Å². The molecule has 1 amide bonds. The average molecular weight is 1690 g/mol. The van der Waals surface area contributed by atoms with E-state index < -0.39 is 53.6 Å². The lowest BCUT2D eigenvalue weighted by Crippen LogP contribution is -2.49. The van der Waals surface area contributed by atoms with Crippen LogP contribution in [0.25, 0.3) is 0 Å². The van der Waals surface area contributed by atoms with Gasteiger partial charge in [-0.1, -0.05) is 81.4 Å². The molecule has 5 saturated carbocycles. The number of alkyl carbamates (subject to hydrolysis) is 1. The van der Waals surface area contributed by atoms with Crippen LogP contribution >= 0.6 is 63.7 Å². The lowest BCUT2D eigenvalue weighted by Gasteiger charge is -2.39. The molecule has 26 heteroatoms. The number of hydrogen-bond donors (Lipinski definition) is 3. The quantitative estimate of drug-likeness (QED) is 0.0544. The van der Waals surface area contributed by atoms with Gasteiger partial charge in [0.05, 0.1) is 29.6 Å². The van der Waals surface area contributed by atoms with Gasteiger partial charge in [0, 0.05) is 81.2 Å². The summed E-state index contributed by atoms with van der Waals surface area (Å²) in [7, 11) is -8.35. The number of nitrogens with two attached hydrogens (primary N) is 1. The van der Waals surface area contributed by atoms with Gasteiger partial charge in [-0.3, -0.25) is 8.98 Å². The highest BCUT2D eigenvalue weighted by Gasteiger charge is 2.39. The molecule has 5 aliphatic carbocycles. The van der Waals surface area contributed by atoms with Crippen LogP contribution in [0.5, 0.6) is 23.0 Å². The predicted octanol–water partition coefficient (Wildman–Crippen LogP) is 16.0. The van der Waals surface area contributed by atoms with Crippen molar-refractivity contribution in [1.29, 1.82) is 0 Å². The van der Waals surface area contributed by atoms with Gasteiger partial charge in [-0.25, -0.2) is 30.7 Å². The molecule has 5 fully saturated rings. The van der Waals surface area contributed by atoms with Crippen LogP contribution in [0.15, 0.2) is 95.6 Å². The minimum Gasteiger partial charge on any atom is -0.490 e. The van der Waals surface area contributed by atoms with Crippen LogP contribution in [-0.2, 0) is 48.6 Å². The summed E-state index contributed by atoms with van der Waals surface area (Å²) < 4.78 is 117. The molecule has 5 aromatic carbocycles. The van der Waals surface area contributed by atoms with E-state index in [0.717, 1.165) is 116 Å². The maximum Gasteiger partial charge on any atom is 0.407 e. The Balaban J connectivity index is 0.000000196. The largest absolute Gasteiger partial charge is 0.490 e. The normalized spacial score (nSPS) is 22.4. The van der Waals surface area contributed by atoms with E-state index in [-0.39, 0.29) is 47.3 Å². The molecule has 19 nitrogen and oxygen atoms in total. The van der Waals surface area contributed by atoms with Crippen molar-refractivity contribution in [2.75, 3.05) is 19.6 Å². The molecule has 0 bridgehead atoms. The van der Waals surface area contributed by atoms with Crippen LogP contribution in [0.4, 0.5) is 4.79 Å². The predicted molar refractivity (Wildman–Crippen MR) is 405 cm³/mol. The fourth-order valence-corrected chi connectivity index (χ4v) is 14.9. The zero-order chi connectivity index (χ0) is 74.0. The molecule has 0 atom stereocenters. The summed E-state index contributed by atoms with van der Waals surface area (Å²) in [5.74, 6) is 3.86. The highest BCUT2D eigenvalue weighted by atomic mass is 79.9. The van der Waals surface area contributed by atoms with Gasteiger partial charge in [-0.05, 0) is 253 Å². The average Bonchev–Trinajstić information content (AvgIpc) is 0.824. The van der Waals surface area contributed by atoms with Gasteiger partial charge in [0.15, 0.2) is 0 Å². The number of benzene rings is 5. The third kappa shape index (κ3) is 27.3. The smallest absolute Gasteiger partial charge is 0.407 e. The topological polar surface area (TPSA) is 254 Å². The van der Waals surface area contributed by atoms with Crippen molar-refractivity contribution in [3.05, 3.63) is 141 Å². The van der Waals surface area contributed by atoms with Crippen molar-refractivity contribution in [2.45, 2.75) is 245 Å². The maximum atomic E-state index is 12.1. The molecular weight excluding hydrogens is 1590 g/mol. The second-order valence-electron chi connectivity index (χ2n) is 29.1. The number of esters is 1. The van der Waals surface area contributed by atoms with Crippen molar-refractivity contribution >= 4 is 106 Å². The summed E-state index contributed by atoms with van der Waals surface area (Å²) in [5.41, 5.74) is 15.1. The Kier molecular flexibility index (Phi) is 29.9. The number of carbonyl (C=O) groups excluding carboxylic acids is 2. The van der Waals surface area contributed by atoms with E-state index in [9.17, 15) is 34.8 Å². The third-order valence-electron chi connectivity index (χ3n) is 17.0. The van der Waals surface area contributed by atoms with Gasteiger partial charge in [0.2, 0.25) is 20.0 Å². The Morgan fingerprint density at radius 2 is 0.828 bits per heavy atom. The number of hydrogen-bond acceptors (Lipinski definition) is 16. The first-order valence-electron chi connectivity index (χ1n) is 33.3. The van der Waals surface area contributed by atoms with Crippen molar-refractivity contribution in [2.24, 2.45) is 11.7 Å². The van der Waals surface area contributed by atoms with Gasteiger partial charge in [0.1, 0.15) is 52.5 Å². The van der Waals surface area contributed by atoms with Crippen LogP contribution < -0.4 is 34.7 Å². The zero-order valence-corrected chi connectivity index (χ0v) is 69.2. The van der Waals surface area contributed by atoms with Crippen LogP contribution in [0, 0.1) is 68.2 Å². The number of sulfonamides is 2. The molecule has 5 aliphatic rings. The molecule has 0 aliphatic heterocycles. The molecule has 0 heterocycles.